The zero-order valence-electron chi connectivity index (χ0n) is 10.2. The summed E-state index contributed by atoms with van der Waals surface area (Å²) in [6.07, 6.45) is 0.876. The Hall–Kier alpha value is -1.88. The van der Waals surface area contributed by atoms with Gasteiger partial charge >= 0.3 is 0 Å². The van der Waals surface area contributed by atoms with Gasteiger partial charge in [0.05, 0.1) is 30.9 Å². The fourth-order valence-electron chi connectivity index (χ4n) is 1.88. The van der Waals surface area contributed by atoms with Gasteiger partial charge in [0.1, 0.15) is 5.75 Å². The normalized spacial score (nSPS) is 14.0. The minimum Gasteiger partial charge on any atom is -0.494 e. The van der Waals surface area contributed by atoms with Gasteiger partial charge in [0.25, 0.3) is 11.8 Å². The summed E-state index contributed by atoms with van der Waals surface area (Å²) in [4.78, 5) is 24.9. The second-order valence-electron chi connectivity index (χ2n) is 4.04. The van der Waals surface area contributed by atoms with Crippen LogP contribution in [0.1, 0.15) is 34.1 Å². The molecule has 1 aliphatic heterocycles. The molecule has 0 radical (unpaired) electrons. The van der Waals surface area contributed by atoms with Gasteiger partial charge in [-0.3, -0.25) is 14.5 Å². The van der Waals surface area contributed by atoms with Crippen LogP contribution in [0.3, 0.4) is 0 Å². The molecule has 0 saturated heterocycles. The van der Waals surface area contributed by atoms with Crippen molar-refractivity contribution >= 4 is 11.8 Å². The van der Waals surface area contributed by atoms with E-state index in [9.17, 15) is 9.59 Å². The molecule has 2 amide bonds. The van der Waals surface area contributed by atoms with Crippen molar-refractivity contribution in [3.8, 4) is 5.75 Å². The summed E-state index contributed by atoms with van der Waals surface area (Å²) in [5.41, 5.74) is 0.722. The van der Waals surface area contributed by atoms with Crippen LogP contribution in [0.4, 0.5) is 0 Å². The molecule has 0 fully saturated rings. The van der Waals surface area contributed by atoms with Crippen LogP contribution < -0.4 is 4.74 Å². The Labute approximate surface area is 105 Å². The Bertz CT molecular complexity index is 484. The molecule has 0 spiro atoms. The van der Waals surface area contributed by atoms with Gasteiger partial charge < -0.3 is 9.84 Å². The van der Waals surface area contributed by atoms with Crippen LogP contribution in [-0.4, -0.2) is 41.6 Å². The monoisotopic (exact) mass is 249 g/mol. The predicted molar refractivity (Wildman–Crippen MR) is 64.7 cm³/mol. The molecule has 5 heteroatoms. The lowest BCUT2D eigenvalue weighted by Gasteiger charge is -2.10. The topological polar surface area (TPSA) is 66.8 Å². The molecule has 1 aromatic rings. The molecule has 18 heavy (non-hydrogen) atoms. The van der Waals surface area contributed by atoms with Gasteiger partial charge in [-0.25, -0.2) is 0 Å². The molecule has 2 rings (SSSR count). The molecule has 0 atom stereocenters. The number of ether oxygens (including phenoxy) is 1. The summed E-state index contributed by atoms with van der Waals surface area (Å²) < 4.78 is 5.43. The third kappa shape index (κ3) is 2.09. The number of carbonyl (C=O) groups excluding carboxylic acids is 2. The van der Waals surface area contributed by atoms with Crippen LogP contribution in [0.15, 0.2) is 18.2 Å². The van der Waals surface area contributed by atoms with E-state index in [4.69, 9.17) is 9.84 Å². The Morgan fingerprint density at radius 2 is 1.94 bits per heavy atom. The van der Waals surface area contributed by atoms with Gasteiger partial charge in [0.2, 0.25) is 0 Å². The van der Waals surface area contributed by atoms with Gasteiger partial charge in [-0.1, -0.05) is 6.92 Å². The molecule has 5 nitrogen and oxygen atoms in total. The number of carbonyl (C=O) groups is 2. The van der Waals surface area contributed by atoms with Crippen molar-refractivity contribution in [2.45, 2.75) is 13.3 Å². The molecular weight excluding hydrogens is 234 g/mol. The Morgan fingerprint density at radius 1 is 1.22 bits per heavy atom. The molecule has 1 N–H and O–H groups in total. The first-order valence-electron chi connectivity index (χ1n) is 5.93. The summed E-state index contributed by atoms with van der Waals surface area (Å²) in [7, 11) is 0. The number of nitrogens with zero attached hydrogens (tertiary/aromatic N) is 1. The standard InChI is InChI=1S/C13H15NO4/c1-2-7-18-9-3-4-10-11(8-9)13(17)14(5-6-15)12(10)16/h3-4,8,15H,2,5-7H2,1H3. The average Bonchev–Trinajstić information content (AvgIpc) is 2.62. The number of imide groups is 1. The van der Waals surface area contributed by atoms with Crippen molar-refractivity contribution in [1.29, 1.82) is 0 Å². The lowest BCUT2D eigenvalue weighted by molar-refractivity contribution is 0.0624. The number of aliphatic hydroxyl groups is 1. The van der Waals surface area contributed by atoms with E-state index in [1.54, 1.807) is 18.2 Å². The van der Waals surface area contributed by atoms with Gasteiger partial charge in [-0.05, 0) is 24.6 Å². The first kappa shape index (κ1) is 12.6. The number of aliphatic hydroxyl groups excluding tert-OH is 1. The smallest absolute Gasteiger partial charge is 0.261 e. The third-order valence-electron chi connectivity index (χ3n) is 2.74. The molecular formula is C13H15NO4. The number of hydrogen-bond donors (Lipinski definition) is 1. The lowest BCUT2D eigenvalue weighted by atomic mass is 10.1. The largest absolute Gasteiger partial charge is 0.494 e. The maximum Gasteiger partial charge on any atom is 0.261 e. The first-order valence-corrected chi connectivity index (χ1v) is 5.93. The Morgan fingerprint density at radius 3 is 2.61 bits per heavy atom. The van der Waals surface area contributed by atoms with E-state index in [0.29, 0.717) is 23.5 Å². The number of β-amino-alcohol motifs (C(OH)–C–C–N with tert-alkyl or cyclic N) is 1. The summed E-state index contributed by atoms with van der Waals surface area (Å²) in [6.45, 7) is 2.36. The van der Waals surface area contributed by atoms with Crippen LogP contribution in [0, 0.1) is 0 Å². The van der Waals surface area contributed by atoms with Crippen LogP contribution in [0.2, 0.25) is 0 Å². The van der Waals surface area contributed by atoms with Crippen molar-refractivity contribution in [1.82, 2.24) is 4.90 Å². The fourth-order valence-corrected chi connectivity index (χ4v) is 1.88. The summed E-state index contributed by atoms with van der Waals surface area (Å²) in [6, 6.07) is 4.86. The van der Waals surface area contributed by atoms with E-state index in [2.05, 4.69) is 0 Å². The number of rotatable bonds is 5. The molecule has 0 aromatic heterocycles. The quantitative estimate of drug-likeness (QED) is 0.792. The van der Waals surface area contributed by atoms with Crippen molar-refractivity contribution in [2.24, 2.45) is 0 Å². The van der Waals surface area contributed by atoms with Gasteiger partial charge in [0.15, 0.2) is 0 Å². The van der Waals surface area contributed by atoms with E-state index < -0.39 is 0 Å². The van der Waals surface area contributed by atoms with Crippen molar-refractivity contribution in [3.63, 3.8) is 0 Å². The highest BCUT2D eigenvalue weighted by molar-refractivity contribution is 6.21. The maximum absolute atomic E-state index is 12.0. The average molecular weight is 249 g/mol. The second-order valence-corrected chi connectivity index (χ2v) is 4.04. The van der Waals surface area contributed by atoms with Crippen molar-refractivity contribution in [3.05, 3.63) is 29.3 Å². The molecule has 0 bridgehead atoms. The number of benzene rings is 1. The van der Waals surface area contributed by atoms with E-state index in [-0.39, 0.29) is 25.0 Å². The second kappa shape index (κ2) is 5.18. The molecule has 96 valence electrons. The van der Waals surface area contributed by atoms with Crippen LogP contribution in [0.5, 0.6) is 5.75 Å². The number of amides is 2. The van der Waals surface area contributed by atoms with E-state index in [1.165, 1.54) is 0 Å². The summed E-state index contributed by atoms with van der Waals surface area (Å²) >= 11 is 0. The molecule has 0 aliphatic carbocycles. The van der Waals surface area contributed by atoms with Crippen molar-refractivity contribution < 1.29 is 19.4 Å². The molecule has 1 heterocycles. The number of fused-ring (bicyclic) bond motifs is 1. The maximum atomic E-state index is 12.0. The van der Waals surface area contributed by atoms with E-state index >= 15 is 0 Å². The molecule has 1 aliphatic rings. The fraction of sp³-hybridized carbons (Fsp3) is 0.385. The van der Waals surface area contributed by atoms with Gasteiger partial charge in [-0.2, -0.15) is 0 Å². The van der Waals surface area contributed by atoms with Crippen LogP contribution >= 0.6 is 0 Å². The third-order valence-corrected chi connectivity index (χ3v) is 2.74. The minimum absolute atomic E-state index is 0.0253. The predicted octanol–water partition coefficient (Wildman–Crippen LogP) is 1.06. The summed E-state index contributed by atoms with van der Waals surface area (Å²) in [5, 5.41) is 8.84. The zero-order valence-corrected chi connectivity index (χ0v) is 10.2. The van der Waals surface area contributed by atoms with E-state index in [0.717, 1.165) is 11.3 Å². The Kier molecular flexibility index (Phi) is 3.62. The van der Waals surface area contributed by atoms with Crippen molar-refractivity contribution in [2.75, 3.05) is 19.8 Å². The zero-order chi connectivity index (χ0) is 13.1. The molecule has 1 aromatic carbocycles. The summed E-state index contributed by atoms with van der Waals surface area (Å²) in [5.74, 6) is -0.139. The van der Waals surface area contributed by atoms with Gasteiger partial charge in [-0.15, -0.1) is 0 Å². The van der Waals surface area contributed by atoms with Crippen LogP contribution in [-0.2, 0) is 0 Å². The van der Waals surface area contributed by atoms with Crippen LogP contribution in [0.25, 0.3) is 0 Å². The highest BCUT2D eigenvalue weighted by Crippen LogP contribution is 2.26. The van der Waals surface area contributed by atoms with Gasteiger partial charge in [0, 0.05) is 0 Å². The lowest BCUT2D eigenvalue weighted by Crippen LogP contribution is -2.32. The molecule has 0 unspecified atom stereocenters. The highest BCUT2D eigenvalue weighted by Gasteiger charge is 2.35. The minimum atomic E-state index is -0.369. The Balaban J connectivity index is 2.28. The van der Waals surface area contributed by atoms with E-state index in [1.807, 2.05) is 6.92 Å². The SMILES string of the molecule is CCCOc1ccc2c(c1)C(=O)N(CCO)C2=O. The molecule has 0 saturated carbocycles. The number of hydrogen-bond acceptors (Lipinski definition) is 4. The highest BCUT2D eigenvalue weighted by atomic mass is 16.5. The first-order chi connectivity index (χ1) is 8.69.